The van der Waals surface area contributed by atoms with Crippen molar-refractivity contribution in [1.29, 1.82) is 0 Å². The van der Waals surface area contributed by atoms with E-state index in [2.05, 4.69) is 10.5 Å². The van der Waals surface area contributed by atoms with E-state index in [4.69, 9.17) is 4.74 Å². The van der Waals surface area contributed by atoms with E-state index in [1.807, 2.05) is 6.92 Å². The van der Waals surface area contributed by atoms with E-state index in [0.717, 1.165) is 12.2 Å². The highest BCUT2D eigenvalue weighted by Gasteiger charge is 1.97. The highest BCUT2D eigenvalue weighted by Crippen LogP contribution is 1.95. The van der Waals surface area contributed by atoms with Gasteiger partial charge < -0.3 is 4.74 Å². The van der Waals surface area contributed by atoms with Crippen molar-refractivity contribution in [2.24, 2.45) is 5.10 Å². The lowest BCUT2D eigenvalue weighted by Crippen LogP contribution is -1.96. The lowest BCUT2D eigenvalue weighted by Gasteiger charge is -1.95. The molecule has 1 radical (unpaired) electrons. The van der Waals surface area contributed by atoms with Gasteiger partial charge in [0, 0.05) is 12.2 Å². The van der Waals surface area contributed by atoms with Crippen LogP contribution in [0.25, 0.3) is 0 Å². The molecule has 0 saturated carbocycles. The molecule has 3 nitrogen and oxygen atoms in total. The number of nitrogens with zero attached hydrogens (tertiary/aromatic N) is 2. The molecule has 49 valence electrons. The number of hydrogen-bond acceptors (Lipinski definition) is 2. The van der Waals surface area contributed by atoms with Crippen LogP contribution in [0.1, 0.15) is 6.92 Å². The molecule has 1 aliphatic rings. The second kappa shape index (κ2) is 3.25. The Morgan fingerprint density at radius 3 is 3.11 bits per heavy atom. The van der Waals surface area contributed by atoms with E-state index in [9.17, 15) is 0 Å². The van der Waals surface area contributed by atoms with E-state index >= 15 is 0 Å². The summed E-state index contributed by atoms with van der Waals surface area (Å²) in [6.07, 6.45) is 3.41. The molecule has 9 heavy (non-hydrogen) atoms. The highest BCUT2D eigenvalue weighted by atomic mass is 16.5. The summed E-state index contributed by atoms with van der Waals surface area (Å²) in [6, 6.07) is 0. The molecular weight excluding hydrogens is 116 g/mol. The predicted molar refractivity (Wildman–Crippen MR) is 35.2 cm³/mol. The van der Waals surface area contributed by atoms with Crippen LogP contribution in [0.2, 0.25) is 0 Å². The van der Waals surface area contributed by atoms with E-state index in [1.165, 1.54) is 0 Å². The Hall–Kier alpha value is -0.830. The minimum Gasteiger partial charge on any atom is -0.377 e. The molecule has 1 heterocycles. The molecule has 0 aromatic heterocycles. The first-order valence-corrected chi connectivity index (χ1v) is 2.93. The summed E-state index contributed by atoms with van der Waals surface area (Å²) in [7, 11) is 0. The third kappa shape index (κ3) is 1.85. The number of ether oxygens (including phenoxy) is 1. The maximum absolute atomic E-state index is 5.10. The zero-order valence-electron chi connectivity index (χ0n) is 5.37. The first-order valence-electron chi connectivity index (χ1n) is 2.93. The van der Waals surface area contributed by atoms with Crippen molar-refractivity contribution >= 4 is 6.21 Å². The third-order valence-corrected chi connectivity index (χ3v) is 0.987. The lowest BCUT2D eigenvalue weighted by atomic mass is 10.3. The maximum Gasteiger partial charge on any atom is 0.0748 e. The predicted octanol–water partition coefficient (Wildman–Crippen LogP) is 0.511. The molecule has 0 N–H and O–H groups in total. The Kier molecular flexibility index (Phi) is 2.27. The molecule has 0 amide bonds. The third-order valence-electron chi connectivity index (χ3n) is 0.987. The fourth-order valence-corrected chi connectivity index (χ4v) is 0.543. The average molecular weight is 125 g/mol. The molecule has 0 saturated heterocycles. The van der Waals surface area contributed by atoms with E-state index in [-0.39, 0.29) is 0 Å². The van der Waals surface area contributed by atoms with Crippen LogP contribution in [0.5, 0.6) is 0 Å². The summed E-state index contributed by atoms with van der Waals surface area (Å²) in [5.41, 5.74) is 4.68. The van der Waals surface area contributed by atoms with Gasteiger partial charge in [0.15, 0.2) is 0 Å². The lowest BCUT2D eigenvalue weighted by molar-refractivity contribution is 0.174. The molecule has 0 atom stereocenters. The van der Waals surface area contributed by atoms with Gasteiger partial charge in [-0.25, -0.2) is 0 Å². The van der Waals surface area contributed by atoms with Crippen LogP contribution < -0.4 is 5.43 Å². The Labute approximate surface area is 54.4 Å². The Balaban J connectivity index is 2.19. The van der Waals surface area contributed by atoms with Crippen LogP contribution in [-0.4, -0.2) is 19.4 Å². The second-order valence-electron chi connectivity index (χ2n) is 1.70. The molecule has 0 unspecified atom stereocenters. The first-order chi connectivity index (χ1) is 4.43. The summed E-state index contributed by atoms with van der Waals surface area (Å²) >= 11 is 0. The van der Waals surface area contributed by atoms with Gasteiger partial charge in [0.05, 0.1) is 19.0 Å². The normalized spacial score (nSPS) is 15.4. The molecule has 0 spiro atoms. The highest BCUT2D eigenvalue weighted by molar-refractivity contribution is 5.80. The molecule has 3 heteroatoms. The topological polar surface area (TPSA) is 35.7 Å². The van der Waals surface area contributed by atoms with Crippen molar-refractivity contribution in [2.45, 2.75) is 6.92 Å². The molecule has 0 bridgehead atoms. The molecule has 0 fully saturated rings. The number of rotatable bonds is 3. The van der Waals surface area contributed by atoms with E-state index in [0.29, 0.717) is 6.61 Å². The van der Waals surface area contributed by atoms with Crippen molar-refractivity contribution in [3.05, 3.63) is 11.8 Å². The average Bonchev–Trinajstić information content (AvgIpc) is 2.34. The van der Waals surface area contributed by atoms with E-state index in [1.54, 1.807) is 12.4 Å². The van der Waals surface area contributed by atoms with E-state index < -0.39 is 0 Å². The van der Waals surface area contributed by atoms with Crippen LogP contribution in [0.15, 0.2) is 16.9 Å². The standard InChI is InChI=1S/C6H9N2O/c1-2-9-5-6-3-7-8-4-6/h3-4H,2,5H2,1H3. The molecule has 1 aliphatic heterocycles. The van der Waals surface area contributed by atoms with Crippen molar-refractivity contribution in [2.75, 3.05) is 13.2 Å². The molecule has 0 aromatic carbocycles. The van der Waals surface area contributed by atoms with Gasteiger partial charge in [-0.2, -0.15) is 10.5 Å². The zero-order valence-corrected chi connectivity index (χ0v) is 5.37. The number of hydrogen-bond donors (Lipinski definition) is 0. The summed E-state index contributed by atoms with van der Waals surface area (Å²) in [5.74, 6) is 0. The summed E-state index contributed by atoms with van der Waals surface area (Å²) in [4.78, 5) is 0. The van der Waals surface area contributed by atoms with Crippen LogP contribution in [0.4, 0.5) is 0 Å². The smallest absolute Gasteiger partial charge is 0.0748 e. The SMILES string of the molecule is CCOCC1=C[N]N=C1. The van der Waals surface area contributed by atoms with Crippen LogP contribution in [0, 0.1) is 0 Å². The van der Waals surface area contributed by atoms with Gasteiger partial charge in [-0.05, 0) is 6.92 Å². The maximum atomic E-state index is 5.10. The van der Waals surface area contributed by atoms with Crippen molar-refractivity contribution in [1.82, 2.24) is 5.43 Å². The van der Waals surface area contributed by atoms with Crippen LogP contribution >= 0.6 is 0 Å². The summed E-state index contributed by atoms with van der Waals surface area (Å²) in [5, 5.41) is 3.65. The van der Waals surface area contributed by atoms with Gasteiger partial charge in [-0.1, -0.05) is 0 Å². The Morgan fingerprint density at radius 1 is 1.67 bits per heavy atom. The van der Waals surface area contributed by atoms with Crippen molar-refractivity contribution in [3.63, 3.8) is 0 Å². The summed E-state index contributed by atoms with van der Waals surface area (Å²) < 4.78 is 5.10. The van der Waals surface area contributed by atoms with Crippen molar-refractivity contribution < 1.29 is 4.74 Å². The Bertz CT molecular complexity index is 140. The first kappa shape index (κ1) is 6.29. The van der Waals surface area contributed by atoms with Gasteiger partial charge in [0.25, 0.3) is 0 Å². The Morgan fingerprint density at radius 2 is 2.56 bits per heavy atom. The van der Waals surface area contributed by atoms with Gasteiger partial charge in [0.2, 0.25) is 0 Å². The van der Waals surface area contributed by atoms with Gasteiger partial charge in [0.1, 0.15) is 0 Å². The molecule has 0 aliphatic carbocycles. The molecular formula is C6H9N2O. The minimum atomic E-state index is 0.628. The second-order valence-corrected chi connectivity index (χ2v) is 1.70. The van der Waals surface area contributed by atoms with Crippen molar-refractivity contribution in [3.8, 4) is 0 Å². The minimum absolute atomic E-state index is 0.628. The monoisotopic (exact) mass is 125 g/mol. The van der Waals surface area contributed by atoms with Gasteiger partial charge >= 0.3 is 0 Å². The van der Waals surface area contributed by atoms with Crippen LogP contribution in [-0.2, 0) is 4.74 Å². The zero-order chi connectivity index (χ0) is 6.53. The molecule has 0 aromatic rings. The van der Waals surface area contributed by atoms with Crippen LogP contribution in [0.3, 0.4) is 0 Å². The fourth-order valence-electron chi connectivity index (χ4n) is 0.543. The summed E-state index contributed by atoms with van der Waals surface area (Å²) in [6.45, 7) is 3.33. The quantitative estimate of drug-likeness (QED) is 0.541. The largest absolute Gasteiger partial charge is 0.377 e. The fraction of sp³-hybridized carbons (Fsp3) is 0.500. The van der Waals surface area contributed by atoms with Gasteiger partial charge in [-0.3, -0.25) is 0 Å². The van der Waals surface area contributed by atoms with Gasteiger partial charge in [-0.15, -0.1) is 0 Å². The molecule has 1 rings (SSSR count).